The van der Waals surface area contributed by atoms with Crippen molar-refractivity contribution in [2.24, 2.45) is 17.0 Å². The molecule has 0 fully saturated rings. The van der Waals surface area contributed by atoms with E-state index in [9.17, 15) is 10.3 Å². The summed E-state index contributed by atoms with van der Waals surface area (Å²) in [6, 6.07) is 0. The van der Waals surface area contributed by atoms with Gasteiger partial charge in [0.15, 0.2) is 0 Å². The van der Waals surface area contributed by atoms with Crippen LogP contribution in [0.2, 0.25) is 0 Å². The second-order valence-corrected chi connectivity index (χ2v) is 5.53. The Hall–Kier alpha value is -0.570. The molecule has 0 aromatic rings. The van der Waals surface area contributed by atoms with Crippen molar-refractivity contribution in [1.29, 1.82) is 0 Å². The SMILES string of the molecule is CCCCC(CC)/C(=N\O)C(O)C(CC)CCCC. The predicted octanol–water partition coefficient (Wildman–Crippen LogP) is 4.61. The quantitative estimate of drug-likeness (QED) is 0.327. The molecule has 0 aromatic carbocycles. The van der Waals surface area contributed by atoms with Gasteiger partial charge in [-0.25, -0.2) is 0 Å². The zero-order valence-electron chi connectivity index (χ0n) is 13.2. The van der Waals surface area contributed by atoms with Crippen LogP contribution in [0.1, 0.15) is 79.1 Å². The molecule has 114 valence electrons. The third-order valence-corrected chi connectivity index (χ3v) is 4.14. The Bertz CT molecular complexity index is 241. The molecule has 0 bridgehead atoms. The van der Waals surface area contributed by atoms with Gasteiger partial charge in [-0.1, -0.05) is 65.0 Å². The van der Waals surface area contributed by atoms with Gasteiger partial charge in [-0.05, 0) is 25.2 Å². The number of hydrogen-bond acceptors (Lipinski definition) is 3. The monoisotopic (exact) mass is 271 g/mol. The Morgan fingerprint density at radius 3 is 1.95 bits per heavy atom. The lowest BCUT2D eigenvalue weighted by molar-refractivity contribution is 0.146. The van der Waals surface area contributed by atoms with E-state index in [1.165, 1.54) is 0 Å². The Balaban J connectivity index is 4.69. The lowest BCUT2D eigenvalue weighted by atomic mass is 9.83. The molecule has 3 heteroatoms. The first kappa shape index (κ1) is 18.4. The summed E-state index contributed by atoms with van der Waals surface area (Å²) in [5, 5.41) is 23.3. The zero-order chi connectivity index (χ0) is 14.7. The van der Waals surface area contributed by atoms with Crippen LogP contribution in [-0.2, 0) is 0 Å². The van der Waals surface area contributed by atoms with Crippen molar-refractivity contribution >= 4 is 5.71 Å². The van der Waals surface area contributed by atoms with Crippen molar-refractivity contribution in [3.05, 3.63) is 0 Å². The fraction of sp³-hybridized carbons (Fsp3) is 0.938. The van der Waals surface area contributed by atoms with Gasteiger partial charge >= 0.3 is 0 Å². The van der Waals surface area contributed by atoms with Gasteiger partial charge in [0.05, 0.1) is 11.8 Å². The van der Waals surface area contributed by atoms with Gasteiger partial charge in [-0.3, -0.25) is 0 Å². The van der Waals surface area contributed by atoms with Crippen LogP contribution in [0.25, 0.3) is 0 Å². The molecular formula is C16H33NO2. The first-order valence-corrected chi connectivity index (χ1v) is 8.05. The van der Waals surface area contributed by atoms with Crippen molar-refractivity contribution in [2.75, 3.05) is 0 Å². The minimum Gasteiger partial charge on any atom is -0.411 e. The molecule has 0 spiro atoms. The van der Waals surface area contributed by atoms with Crippen molar-refractivity contribution in [2.45, 2.75) is 85.2 Å². The molecule has 0 aliphatic rings. The van der Waals surface area contributed by atoms with Crippen LogP contribution in [-0.4, -0.2) is 22.1 Å². The largest absolute Gasteiger partial charge is 0.411 e. The topological polar surface area (TPSA) is 52.8 Å². The molecule has 0 aliphatic carbocycles. The van der Waals surface area contributed by atoms with Crippen molar-refractivity contribution in [3.63, 3.8) is 0 Å². The predicted molar refractivity (Wildman–Crippen MR) is 81.8 cm³/mol. The van der Waals surface area contributed by atoms with Crippen molar-refractivity contribution < 1.29 is 10.3 Å². The molecule has 0 rings (SSSR count). The maximum absolute atomic E-state index is 10.5. The van der Waals surface area contributed by atoms with E-state index in [4.69, 9.17) is 0 Å². The van der Waals surface area contributed by atoms with E-state index in [0.717, 1.165) is 51.4 Å². The Morgan fingerprint density at radius 1 is 0.947 bits per heavy atom. The van der Waals surface area contributed by atoms with Gasteiger partial charge in [-0.2, -0.15) is 0 Å². The molecular weight excluding hydrogens is 238 g/mol. The lowest BCUT2D eigenvalue weighted by Gasteiger charge is -2.26. The molecule has 0 aliphatic heterocycles. The zero-order valence-corrected chi connectivity index (χ0v) is 13.2. The van der Waals surface area contributed by atoms with Crippen LogP contribution in [0.4, 0.5) is 0 Å². The minimum absolute atomic E-state index is 0.218. The Kier molecular flexibility index (Phi) is 10.9. The van der Waals surface area contributed by atoms with E-state index in [2.05, 4.69) is 32.9 Å². The van der Waals surface area contributed by atoms with E-state index < -0.39 is 6.10 Å². The second-order valence-electron chi connectivity index (χ2n) is 5.53. The van der Waals surface area contributed by atoms with Crippen LogP contribution in [0.5, 0.6) is 0 Å². The van der Waals surface area contributed by atoms with E-state index in [1.807, 2.05) is 0 Å². The number of hydrogen-bond donors (Lipinski definition) is 2. The maximum atomic E-state index is 10.5. The van der Waals surface area contributed by atoms with E-state index in [-0.39, 0.29) is 11.8 Å². The Labute approximate surface area is 119 Å². The molecule has 0 saturated heterocycles. The van der Waals surface area contributed by atoms with E-state index >= 15 is 0 Å². The standard InChI is InChI=1S/C16H33NO2/c1-5-9-11-13(7-3)15(17-19)16(18)14(8-4)12-10-6-2/h13-14,16,18-19H,5-12H2,1-4H3/b17-15+. The lowest BCUT2D eigenvalue weighted by Crippen LogP contribution is -2.34. The van der Waals surface area contributed by atoms with E-state index in [1.54, 1.807) is 0 Å². The maximum Gasteiger partial charge on any atom is 0.0984 e. The number of nitrogens with zero attached hydrogens (tertiary/aromatic N) is 1. The number of oxime groups is 1. The number of aliphatic hydroxyl groups excluding tert-OH is 1. The first-order chi connectivity index (χ1) is 9.15. The average molecular weight is 271 g/mol. The highest BCUT2D eigenvalue weighted by atomic mass is 16.4. The van der Waals surface area contributed by atoms with Gasteiger partial charge in [-0.15, -0.1) is 0 Å². The Morgan fingerprint density at radius 2 is 1.53 bits per heavy atom. The fourth-order valence-corrected chi connectivity index (χ4v) is 2.69. The van der Waals surface area contributed by atoms with Gasteiger partial charge in [0.1, 0.15) is 0 Å². The van der Waals surface area contributed by atoms with Gasteiger partial charge in [0, 0.05) is 5.92 Å². The summed E-state index contributed by atoms with van der Waals surface area (Å²) in [6.07, 6.45) is 7.83. The molecule has 19 heavy (non-hydrogen) atoms. The molecule has 0 saturated carbocycles. The summed E-state index contributed by atoms with van der Waals surface area (Å²) in [5.74, 6) is 0.442. The average Bonchev–Trinajstić information content (AvgIpc) is 2.44. The van der Waals surface area contributed by atoms with Gasteiger partial charge < -0.3 is 10.3 Å². The third-order valence-electron chi connectivity index (χ3n) is 4.14. The van der Waals surface area contributed by atoms with Crippen LogP contribution in [0.3, 0.4) is 0 Å². The summed E-state index contributed by atoms with van der Waals surface area (Å²) in [5.41, 5.74) is 0.610. The smallest absolute Gasteiger partial charge is 0.0984 e. The van der Waals surface area contributed by atoms with Gasteiger partial charge in [0.2, 0.25) is 0 Å². The molecule has 3 atom stereocenters. The molecule has 0 heterocycles. The summed E-state index contributed by atoms with van der Waals surface area (Å²) in [4.78, 5) is 0. The summed E-state index contributed by atoms with van der Waals surface area (Å²) < 4.78 is 0. The third kappa shape index (κ3) is 6.42. The van der Waals surface area contributed by atoms with Crippen LogP contribution in [0, 0.1) is 11.8 Å². The highest BCUT2D eigenvalue weighted by molar-refractivity contribution is 5.90. The molecule has 3 unspecified atom stereocenters. The molecule has 0 radical (unpaired) electrons. The normalized spacial score (nSPS) is 17.2. The van der Waals surface area contributed by atoms with Crippen molar-refractivity contribution in [3.8, 4) is 0 Å². The van der Waals surface area contributed by atoms with Gasteiger partial charge in [0.25, 0.3) is 0 Å². The van der Waals surface area contributed by atoms with Crippen LogP contribution >= 0.6 is 0 Å². The molecule has 0 amide bonds. The van der Waals surface area contributed by atoms with Crippen LogP contribution < -0.4 is 0 Å². The number of aliphatic hydroxyl groups is 1. The minimum atomic E-state index is -0.580. The molecule has 2 N–H and O–H groups in total. The van der Waals surface area contributed by atoms with Crippen LogP contribution in [0.15, 0.2) is 5.16 Å². The van der Waals surface area contributed by atoms with E-state index in [0.29, 0.717) is 5.71 Å². The molecule has 3 nitrogen and oxygen atoms in total. The number of unbranched alkanes of at least 4 members (excludes halogenated alkanes) is 2. The molecule has 0 aromatic heterocycles. The number of rotatable bonds is 11. The highest BCUT2D eigenvalue weighted by Crippen LogP contribution is 2.24. The summed E-state index contributed by atoms with van der Waals surface area (Å²) in [7, 11) is 0. The van der Waals surface area contributed by atoms with Crippen molar-refractivity contribution in [1.82, 2.24) is 0 Å². The summed E-state index contributed by atoms with van der Waals surface area (Å²) in [6.45, 7) is 8.53. The summed E-state index contributed by atoms with van der Waals surface area (Å²) >= 11 is 0. The highest BCUT2D eigenvalue weighted by Gasteiger charge is 2.27. The first-order valence-electron chi connectivity index (χ1n) is 8.05. The fourth-order valence-electron chi connectivity index (χ4n) is 2.69. The second kappa shape index (κ2) is 11.3.